The van der Waals surface area contributed by atoms with Crippen LogP contribution in [-0.4, -0.2) is 22.1 Å². The number of rotatable bonds is 5. The molecule has 0 saturated carbocycles. The lowest BCUT2D eigenvalue weighted by Gasteiger charge is -2.06. The number of carbonyl (C=O) groups is 1. The molecule has 0 atom stereocenters. The Kier molecular flexibility index (Phi) is 3.67. The van der Waals surface area contributed by atoms with Crippen LogP contribution in [0.4, 0.5) is 5.69 Å². The molecule has 126 valence electrons. The van der Waals surface area contributed by atoms with Gasteiger partial charge in [0, 0.05) is 16.8 Å². The zero-order valence-electron chi connectivity index (χ0n) is 16.6. The smallest absolute Gasteiger partial charge is 0.338 e. The highest BCUT2D eigenvalue weighted by atomic mass is 16.5. The van der Waals surface area contributed by atoms with E-state index in [0.29, 0.717) is 28.0 Å². The molecule has 2 aromatic carbocycles. The maximum atomic E-state index is 11.9. The minimum Gasteiger partial charge on any atom is -0.462 e. The van der Waals surface area contributed by atoms with E-state index in [1.165, 1.54) is 16.7 Å². The maximum Gasteiger partial charge on any atom is 0.338 e. The van der Waals surface area contributed by atoms with E-state index in [1.807, 2.05) is 6.07 Å². The van der Waals surface area contributed by atoms with Gasteiger partial charge in [-0.15, -0.1) is 0 Å². The maximum absolute atomic E-state index is 11.9. The van der Waals surface area contributed by atoms with Crippen molar-refractivity contribution >= 4 is 22.7 Å². The zero-order valence-corrected chi connectivity index (χ0v) is 13.6. The first-order valence-corrected chi connectivity index (χ1v) is 7.76. The van der Waals surface area contributed by atoms with Crippen LogP contribution in [-0.2, 0) is 18.3 Å². The summed E-state index contributed by atoms with van der Waals surface area (Å²) in [5, 5.41) is 12.0. The molecule has 0 aliphatic rings. The molecule has 3 rings (SSSR count). The second-order valence-corrected chi connectivity index (χ2v) is 5.33. The largest absolute Gasteiger partial charge is 0.462 e. The molecule has 1 heterocycles. The molecule has 0 spiro atoms. The number of hydrogen-bond donors (Lipinski definition) is 1. The van der Waals surface area contributed by atoms with Gasteiger partial charge in [-0.1, -0.05) is 0 Å². The average Bonchev–Trinajstić information content (AvgIpc) is 3.04. The van der Waals surface area contributed by atoms with Crippen LogP contribution in [0.25, 0.3) is 11.0 Å². The number of imidazole rings is 1. The molecule has 6 nitrogen and oxygen atoms in total. The van der Waals surface area contributed by atoms with Gasteiger partial charge in [0.1, 0.15) is 5.82 Å². The van der Waals surface area contributed by atoms with E-state index in [-0.39, 0.29) is 13.2 Å². The van der Waals surface area contributed by atoms with E-state index in [1.54, 1.807) is 37.3 Å². The van der Waals surface area contributed by atoms with Gasteiger partial charge in [-0.3, -0.25) is 0 Å². The predicted molar refractivity (Wildman–Crippen MR) is 95.2 cm³/mol. The van der Waals surface area contributed by atoms with Gasteiger partial charge in [0.15, 0.2) is 0 Å². The summed E-state index contributed by atoms with van der Waals surface area (Å²) >= 11 is 0. The zero-order chi connectivity index (χ0) is 20.3. The number of anilines is 1. The molecule has 0 radical (unpaired) electrons. The van der Waals surface area contributed by atoms with Gasteiger partial charge >= 0.3 is 5.97 Å². The summed E-state index contributed by atoms with van der Waals surface area (Å²) in [7, 11) is 0. The number of esters is 1. The first-order valence-electron chi connectivity index (χ1n) is 9.26. The molecule has 1 aromatic heterocycles. The molecule has 3 aromatic rings. The van der Waals surface area contributed by atoms with E-state index in [9.17, 15) is 4.79 Å². The Morgan fingerprint density at radius 1 is 1.36 bits per heavy atom. The summed E-state index contributed by atoms with van der Waals surface area (Å²) in [4.78, 5) is 16.3. The fourth-order valence-electron chi connectivity index (χ4n) is 2.43. The average molecular weight is 337 g/mol. The van der Waals surface area contributed by atoms with E-state index in [2.05, 4.69) is 10.3 Å². The fraction of sp³-hybridized carbons (Fsp3) is 0.211. The topological polar surface area (TPSA) is 79.9 Å². The van der Waals surface area contributed by atoms with Gasteiger partial charge in [0.25, 0.3) is 0 Å². The van der Waals surface area contributed by atoms with E-state index < -0.39 is 12.9 Å². The molecule has 0 unspecified atom stereocenters. The van der Waals surface area contributed by atoms with Crippen molar-refractivity contribution in [3.8, 4) is 6.07 Å². The second kappa shape index (κ2) is 7.05. The van der Waals surface area contributed by atoms with Gasteiger partial charge in [-0.2, -0.15) is 5.26 Å². The summed E-state index contributed by atoms with van der Waals surface area (Å²) in [6, 6.07) is 13.5. The van der Waals surface area contributed by atoms with Crippen LogP contribution in [0.15, 0.2) is 42.5 Å². The molecule has 6 heteroatoms. The number of benzene rings is 2. The molecule has 0 aliphatic carbocycles. The van der Waals surface area contributed by atoms with Crippen LogP contribution < -0.4 is 5.32 Å². The van der Waals surface area contributed by atoms with Crippen molar-refractivity contribution in [2.75, 3.05) is 11.9 Å². The standard InChI is InChI=1S/C19H18N4O2/c1-3-25-19(24)14-6-9-17-16(10-14)22-18(23(17)2)12-21-15-7-4-13(11-20)5-8-15/h4-10,21H,3,12H2,1-2H3/i2D3. The van der Waals surface area contributed by atoms with Crippen LogP contribution in [0.2, 0.25) is 0 Å². The normalized spacial score (nSPS) is 12.7. The lowest BCUT2D eigenvalue weighted by atomic mass is 10.2. The Morgan fingerprint density at radius 2 is 2.16 bits per heavy atom. The van der Waals surface area contributed by atoms with Crippen molar-refractivity contribution in [2.45, 2.75) is 13.5 Å². The highest BCUT2D eigenvalue weighted by molar-refractivity contribution is 5.93. The number of hydrogen-bond acceptors (Lipinski definition) is 5. The molecule has 0 saturated heterocycles. The number of aromatic nitrogens is 2. The third kappa shape index (κ3) is 3.45. The minimum absolute atomic E-state index is 0.160. The van der Waals surface area contributed by atoms with E-state index in [0.717, 1.165) is 5.69 Å². The van der Waals surface area contributed by atoms with Crippen molar-refractivity contribution in [3.63, 3.8) is 0 Å². The Bertz CT molecular complexity index is 1050. The van der Waals surface area contributed by atoms with Crippen molar-refractivity contribution in [1.29, 1.82) is 5.26 Å². The van der Waals surface area contributed by atoms with Gasteiger partial charge in [-0.25, -0.2) is 9.78 Å². The van der Waals surface area contributed by atoms with Crippen LogP contribution in [0.5, 0.6) is 0 Å². The monoisotopic (exact) mass is 337 g/mol. The first kappa shape index (κ1) is 13.0. The van der Waals surface area contributed by atoms with Crippen LogP contribution in [0.3, 0.4) is 0 Å². The minimum atomic E-state index is -2.43. The Labute approximate surface area is 149 Å². The summed E-state index contributed by atoms with van der Waals surface area (Å²) in [5.74, 6) is -0.176. The summed E-state index contributed by atoms with van der Waals surface area (Å²) < 4.78 is 29.7. The Balaban J connectivity index is 1.95. The number of nitriles is 1. The van der Waals surface area contributed by atoms with Gasteiger partial charge in [0.05, 0.1) is 41.4 Å². The van der Waals surface area contributed by atoms with Gasteiger partial charge < -0.3 is 14.6 Å². The Hall–Kier alpha value is -3.33. The molecule has 1 N–H and O–H groups in total. The Morgan fingerprint density at radius 3 is 2.84 bits per heavy atom. The molecule has 0 amide bonds. The number of aryl methyl sites for hydroxylation is 1. The molecular weight excluding hydrogens is 316 g/mol. The molecule has 0 fully saturated rings. The highest BCUT2D eigenvalue weighted by Crippen LogP contribution is 2.18. The van der Waals surface area contributed by atoms with Crippen molar-refractivity contribution in [2.24, 2.45) is 6.98 Å². The lowest BCUT2D eigenvalue weighted by molar-refractivity contribution is 0.0526. The predicted octanol–water partition coefficient (Wildman–Crippen LogP) is 3.23. The summed E-state index contributed by atoms with van der Waals surface area (Å²) in [6.45, 7) is -0.303. The van der Waals surface area contributed by atoms with Gasteiger partial charge in [0.2, 0.25) is 0 Å². The van der Waals surface area contributed by atoms with Crippen LogP contribution in [0, 0.1) is 11.3 Å². The third-order valence-corrected chi connectivity index (χ3v) is 3.70. The van der Waals surface area contributed by atoms with Crippen LogP contribution >= 0.6 is 0 Å². The van der Waals surface area contributed by atoms with E-state index >= 15 is 0 Å². The number of nitrogens with zero attached hydrogens (tertiary/aromatic N) is 3. The van der Waals surface area contributed by atoms with Crippen molar-refractivity contribution in [3.05, 3.63) is 59.4 Å². The van der Waals surface area contributed by atoms with Crippen molar-refractivity contribution < 1.29 is 13.6 Å². The number of ether oxygens (including phenoxy) is 1. The molecule has 25 heavy (non-hydrogen) atoms. The third-order valence-electron chi connectivity index (χ3n) is 3.70. The number of fused-ring (bicyclic) bond motifs is 1. The highest BCUT2D eigenvalue weighted by Gasteiger charge is 2.12. The number of nitrogens with one attached hydrogen (secondary N) is 1. The fourth-order valence-corrected chi connectivity index (χ4v) is 2.43. The van der Waals surface area contributed by atoms with E-state index in [4.69, 9.17) is 14.1 Å². The summed E-state index contributed by atoms with van der Waals surface area (Å²) in [6.07, 6.45) is 0. The molecule has 0 aliphatic heterocycles. The van der Waals surface area contributed by atoms with Gasteiger partial charge in [-0.05, 0) is 49.4 Å². The quantitative estimate of drug-likeness (QED) is 0.723. The second-order valence-electron chi connectivity index (χ2n) is 5.33. The van der Waals surface area contributed by atoms with Crippen LogP contribution in [0.1, 0.15) is 32.8 Å². The first-order chi connectivity index (χ1) is 13.3. The number of carbonyl (C=O) groups excluding carboxylic acids is 1. The molecular formula is C19H18N4O2. The lowest BCUT2D eigenvalue weighted by Crippen LogP contribution is -2.05. The SMILES string of the molecule is [2H]C([2H])([2H])n1c(CNc2ccc(C#N)cc2)nc2cc(C(=O)OCC)ccc21. The molecule has 0 bridgehead atoms. The van der Waals surface area contributed by atoms with Crippen molar-refractivity contribution in [1.82, 2.24) is 9.55 Å². The summed E-state index contributed by atoms with van der Waals surface area (Å²) in [5.41, 5.74) is 2.39.